The number of carbonyl (C=O) groups is 1. The monoisotopic (exact) mass is 345 g/mol. The molecular weight excluding hydrogens is 326 g/mol. The van der Waals surface area contributed by atoms with Gasteiger partial charge in [-0.1, -0.05) is 22.0 Å². The van der Waals surface area contributed by atoms with Crippen LogP contribution in [0.25, 0.3) is 0 Å². The summed E-state index contributed by atoms with van der Waals surface area (Å²) in [5.41, 5.74) is 2.14. The van der Waals surface area contributed by atoms with Crippen molar-refractivity contribution in [2.45, 2.75) is 25.8 Å². The van der Waals surface area contributed by atoms with Crippen LogP contribution >= 0.6 is 27.7 Å². The highest BCUT2D eigenvalue weighted by atomic mass is 79.9. The topological polar surface area (TPSA) is 49.3 Å². The van der Waals surface area contributed by atoms with Crippen LogP contribution in [0.1, 0.15) is 17.5 Å². The van der Waals surface area contributed by atoms with Crippen LogP contribution in [0.15, 0.2) is 22.7 Å². The molecule has 1 unspecified atom stereocenters. The van der Waals surface area contributed by atoms with Crippen molar-refractivity contribution in [3.8, 4) is 0 Å². The first-order valence-electron chi connectivity index (χ1n) is 6.21. The molecule has 0 aromatic heterocycles. The normalized spacial score (nSPS) is 12.2. The van der Waals surface area contributed by atoms with Gasteiger partial charge in [-0.05, 0) is 42.9 Å². The number of aliphatic hydroxyl groups excluding tert-OH is 1. The maximum atomic E-state index is 12.0. The zero-order chi connectivity index (χ0) is 14.3. The number of rotatable bonds is 7. The molecule has 1 aromatic carbocycles. The Bertz CT molecular complexity index is 420. The Morgan fingerprint density at radius 1 is 1.53 bits per heavy atom. The van der Waals surface area contributed by atoms with Gasteiger partial charge in [-0.15, -0.1) is 0 Å². The lowest BCUT2D eigenvalue weighted by molar-refractivity contribution is -0.121. The molecule has 19 heavy (non-hydrogen) atoms. The molecule has 0 aliphatic rings. The lowest BCUT2D eigenvalue weighted by Gasteiger charge is -2.17. The maximum Gasteiger partial charge on any atom is 0.224 e. The molecule has 3 nitrogen and oxygen atoms in total. The van der Waals surface area contributed by atoms with Crippen molar-refractivity contribution in [1.29, 1.82) is 0 Å². The number of aliphatic hydroxyl groups is 1. The molecule has 1 atom stereocenters. The van der Waals surface area contributed by atoms with Gasteiger partial charge < -0.3 is 10.4 Å². The minimum absolute atomic E-state index is 0.0120. The molecular formula is C14H20BrNO2S. The summed E-state index contributed by atoms with van der Waals surface area (Å²) < 4.78 is 1.02. The van der Waals surface area contributed by atoms with Gasteiger partial charge in [-0.3, -0.25) is 4.79 Å². The van der Waals surface area contributed by atoms with Gasteiger partial charge in [0.1, 0.15) is 0 Å². The van der Waals surface area contributed by atoms with E-state index in [0.717, 1.165) is 21.4 Å². The fraction of sp³-hybridized carbons (Fsp3) is 0.500. The number of hydrogen-bond donors (Lipinski definition) is 2. The third-order valence-electron chi connectivity index (χ3n) is 2.87. The summed E-state index contributed by atoms with van der Waals surface area (Å²) >= 11 is 5.08. The Balaban J connectivity index is 2.58. The first-order valence-corrected chi connectivity index (χ1v) is 8.39. The number of carbonyl (C=O) groups excluding carboxylic acids is 1. The van der Waals surface area contributed by atoms with Crippen molar-refractivity contribution < 1.29 is 9.90 Å². The second-order valence-corrected chi connectivity index (χ2v) is 6.31. The van der Waals surface area contributed by atoms with Crippen LogP contribution in [0.4, 0.5) is 0 Å². The highest BCUT2D eigenvalue weighted by Gasteiger charge is 2.12. The highest BCUT2D eigenvalue weighted by molar-refractivity contribution is 9.10. The summed E-state index contributed by atoms with van der Waals surface area (Å²) in [7, 11) is 0. The molecule has 2 N–H and O–H groups in total. The number of aryl methyl sites for hydroxylation is 1. The quantitative estimate of drug-likeness (QED) is 0.798. The Morgan fingerprint density at radius 3 is 2.84 bits per heavy atom. The smallest absolute Gasteiger partial charge is 0.224 e. The van der Waals surface area contributed by atoms with E-state index >= 15 is 0 Å². The molecule has 106 valence electrons. The van der Waals surface area contributed by atoms with Crippen LogP contribution in [0.3, 0.4) is 0 Å². The standard InChI is InChI=1S/C14H20BrNO2S/c1-10-7-12(15)4-3-11(10)8-14(18)16-13(5-6-17)9-19-2/h3-4,7,13,17H,5-6,8-9H2,1-2H3,(H,16,18). The fourth-order valence-electron chi connectivity index (χ4n) is 1.86. The van der Waals surface area contributed by atoms with Crippen LogP contribution in [-0.2, 0) is 11.2 Å². The molecule has 0 saturated heterocycles. The summed E-state index contributed by atoms with van der Waals surface area (Å²) in [6, 6.07) is 5.97. The zero-order valence-electron chi connectivity index (χ0n) is 11.3. The number of halogens is 1. The van der Waals surface area contributed by atoms with Gasteiger partial charge in [0.15, 0.2) is 0 Å². The molecule has 0 radical (unpaired) electrons. The van der Waals surface area contributed by atoms with Crippen LogP contribution in [-0.4, -0.2) is 35.7 Å². The third-order valence-corrected chi connectivity index (χ3v) is 4.10. The third kappa shape index (κ3) is 5.97. The minimum Gasteiger partial charge on any atom is -0.396 e. The van der Waals surface area contributed by atoms with Crippen molar-refractivity contribution in [2.24, 2.45) is 0 Å². The predicted octanol–water partition coefficient (Wildman–Crippen LogP) is 2.53. The van der Waals surface area contributed by atoms with Crippen molar-refractivity contribution in [3.05, 3.63) is 33.8 Å². The van der Waals surface area contributed by atoms with Gasteiger partial charge in [-0.2, -0.15) is 11.8 Å². The maximum absolute atomic E-state index is 12.0. The molecule has 0 bridgehead atoms. The highest BCUT2D eigenvalue weighted by Crippen LogP contribution is 2.16. The van der Waals surface area contributed by atoms with Crippen molar-refractivity contribution in [2.75, 3.05) is 18.6 Å². The van der Waals surface area contributed by atoms with E-state index in [1.807, 2.05) is 31.4 Å². The van der Waals surface area contributed by atoms with E-state index < -0.39 is 0 Å². The van der Waals surface area contributed by atoms with Crippen LogP contribution < -0.4 is 5.32 Å². The summed E-state index contributed by atoms with van der Waals surface area (Å²) in [5.74, 6) is 0.837. The van der Waals surface area contributed by atoms with Crippen LogP contribution in [0.2, 0.25) is 0 Å². The molecule has 0 aliphatic heterocycles. The first-order chi connectivity index (χ1) is 9.06. The molecule has 1 rings (SSSR count). The molecule has 0 aliphatic carbocycles. The number of benzene rings is 1. The average molecular weight is 346 g/mol. The van der Waals surface area contributed by atoms with Gasteiger partial charge in [0.2, 0.25) is 5.91 Å². The number of hydrogen-bond acceptors (Lipinski definition) is 3. The van der Waals surface area contributed by atoms with E-state index in [9.17, 15) is 4.79 Å². The fourth-order valence-corrected chi connectivity index (χ4v) is 2.99. The Kier molecular flexibility index (Phi) is 7.49. The average Bonchev–Trinajstić information content (AvgIpc) is 2.33. The van der Waals surface area contributed by atoms with Crippen molar-refractivity contribution in [3.63, 3.8) is 0 Å². The second-order valence-electron chi connectivity index (χ2n) is 4.48. The lowest BCUT2D eigenvalue weighted by Crippen LogP contribution is -2.38. The number of amides is 1. The Hall–Kier alpha value is -0.520. The van der Waals surface area contributed by atoms with Crippen LogP contribution in [0, 0.1) is 6.92 Å². The minimum atomic E-state index is 0.0120. The summed E-state index contributed by atoms with van der Waals surface area (Å²) in [4.78, 5) is 12.0. The summed E-state index contributed by atoms with van der Waals surface area (Å²) in [6.07, 6.45) is 2.98. The van der Waals surface area contributed by atoms with Gasteiger partial charge >= 0.3 is 0 Å². The van der Waals surface area contributed by atoms with E-state index in [1.54, 1.807) is 11.8 Å². The van der Waals surface area contributed by atoms with Gasteiger partial charge in [0.05, 0.1) is 6.42 Å². The molecule has 1 amide bonds. The van der Waals surface area contributed by atoms with E-state index in [4.69, 9.17) is 5.11 Å². The van der Waals surface area contributed by atoms with Crippen molar-refractivity contribution in [1.82, 2.24) is 5.32 Å². The zero-order valence-corrected chi connectivity index (χ0v) is 13.7. The second kappa shape index (κ2) is 8.61. The molecule has 1 aromatic rings. The molecule has 0 saturated carbocycles. The number of nitrogens with one attached hydrogen (secondary N) is 1. The summed E-state index contributed by atoms with van der Waals surface area (Å²) in [6.45, 7) is 2.10. The Labute approximate surface area is 127 Å². The van der Waals surface area contributed by atoms with Crippen LogP contribution in [0.5, 0.6) is 0 Å². The Morgan fingerprint density at radius 2 is 2.26 bits per heavy atom. The summed E-state index contributed by atoms with van der Waals surface area (Å²) in [5, 5.41) is 12.0. The van der Waals surface area contributed by atoms with Gasteiger partial charge in [-0.25, -0.2) is 0 Å². The molecule has 0 spiro atoms. The van der Waals surface area contributed by atoms with Crippen molar-refractivity contribution >= 4 is 33.6 Å². The number of thioether (sulfide) groups is 1. The van der Waals surface area contributed by atoms with E-state index in [-0.39, 0.29) is 18.6 Å². The van der Waals surface area contributed by atoms with Gasteiger partial charge in [0, 0.05) is 22.9 Å². The first kappa shape index (κ1) is 16.5. The van der Waals surface area contributed by atoms with E-state index in [2.05, 4.69) is 21.2 Å². The largest absolute Gasteiger partial charge is 0.396 e. The SMILES string of the molecule is CSCC(CCO)NC(=O)Cc1ccc(Br)cc1C. The van der Waals surface area contributed by atoms with E-state index in [1.165, 1.54) is 0 Å². The molecule has 0 fully saturated rings. The van der Waals surface area contributed by atoms with E-state index in [0.29, 0.717) is 12.8 Å². The molecule has 5 heteroatoms. The molecule has 0 heterocycles. The van der Waals surface area contributed by atoms with Gasteiger partial charge in [0.25, 0.3) is 0 Å². The predicted molar refractivity (Wildman–Crippen MR) is 84.6 cm³/mol. The lowest BCUT2D eigenvalue weighted by atomic mass is 10.1.